The van der Waals surface area contributed by atoms with Crippen molar-refractivity contribution in [1.82, 2.24) is 14.9 Å². The number of amides is 1. The second-order valence-electron chi connectivity index (χ2n) is 9.19. The Balaban J connectivity index is 1.45. The van der Waals surface area contributed by atoms with Gasteiger partial charge in [-0.2, -0.15) is 0 Å². The minimum Gasteiger partial charge on any atom is -0.491 e. The first-order chi connectivity index (χ1) is 15.9. The van der Waals surface area contributed by atoms with Gasteiger partial charge in [0.25, 0.3) is 5.91 Å². The van der Waals surface area contributed by atoms with Crippen molar-refractivity contribution in [2.75, 3.05) is 13.2 Å². The number of nitrogens with one attached hydrogen (secondary N) is 1. The Bertz CT molecular complexity index is 1340. The summed E-state index contributed by atoms with van der Waals surface area (Å²) in [6.45, 7) is 9.95. The minimum atomic E-state index is 0.0392. The molecule has 0 radical (unpaired) electrons. The van der Waals surface area contributed by atoms with Crippen LogP contribution in [0.15, 0.2) is 54.6 Å². The molecule has 1 aromatic heterocycles. The molecule has 1 aliphatic rings. The van der Waals surface area contributed by atoms with E-state index in [1.807, 2.05) is 42.2 Å². The zero-order valence-electron chi connectivity index (χ0n) is 19.6. The van der Waals surface area contributed by atoms with Crippen molar-refractivity contribution in [3.8, 4) is 16.9 Å². The molecule has 0 spiro atoms. The molecule has 1 amide bonds. The van der Waals surface area contributed by atoms with Gasteiger partial charge in [0, 0.05) is 17.7 Å². The number of aromatic amines is 1. The Kier molecular flexibility index (Phi) is 5.41. The number of carbonyl (C=O) groups is 1. The zero-order valence-corrected chi connectivity index (χ0v) is 19.6. The Morgan fingerprint density at radius 2 is 1.82 bits per heavy atom. The fourth-order valence-corrected chi connectivity index (χ4v) is 4.52. The summed E-state index contributed by atoms with van der Waals surface area (Å²) in [6, 6.07) is 18.5. The van der Waals surface area contributed by atoms with Gasteiger partial charge in [-0.3, -0.25) is 4.79 Å². The van der Waals surface area contributed by atoms with Gasteiger partial charge in [0.15, 0.2) is 0 Å². The summed E-state index contributed by atoms with van der Waals surface area (Å²) in [7, 11) is 0. The van der Waals surface area contributed by atoms with Gasteiger partial charge in [-0.1, -0.05) is 32.0 Å². The van der Waals surface area contributed by atoms with Gasteiger partial charge in [-0.05, 0) is 78.4 Å². The molecule has 0 atom stereocenters. The lowest BCUT2D eigenvalue weighted by Gasteiger charge is -2.20. The van der Waals surface area contributed by atoms with Crippen molar-refractivity contribution in [2.24, 2.45) is 0 Å². The first kappa shape index (κ1) is 21.3. The van der Waals surface area contributed by atoms with E-state index in [0.29, 0.717) is 25.6 Å². The first-order valence-electron chi connectivity index (χ1n) is 11.5. The summed E-state index contributed by atoms with van der Waals surface area (Å²) in [5.41, 5.74) is 8.39. The van der Waals surface area contributed by atoms with Crippen LogP contribution in [0.2, 0.25) is 0 Å². The largest absolute Gasteiger partial charge is 0.491 e. The molecule has 168 valence electrons. The van der Waals surface area contributed by atoms with Crippen LogP contribution in [0.3, 0.4) is 0 Å². The highest BCUT2D eigenvalue weighted by molar-refractivity contribution is 5.94. The molecule has 0 saturated carbocycles. The number of ether oxygens (including phenoxy) is 1. The Hall–Kier alpha value is -3.60. The number of carbonyl (C=O) groups excluding carboxylic acids is 1. The number of H-pyrrole nitrogens is 1. The number of fused-ring (bicyclic) bond motifs is 2. The molecular weight excluding hydrogens is 410 g/mol. The van der Waals surface area contributed by atoms with Crippen LogP contribution in [0.4, 0.5) is 0 Å². The van der Waals surface area contributed by atoms with Crippen molar-refractivity contribution in [3.05, 3.63) is 82.7 Å². The number of aromatic nitrogens is 2. The highest BCUT2D eigenvalue weighted by Crippen LogP contribution is 2.32. The van der Waals surface area contributed by atoms with Crippen LogP contribution >= 0.6 is 0 Å². The van der Waals surface area contributed by atoms with E-state index >= 15 is 0 Å². The normalized spacial score (nSPS) is 13.7. The lowest BCUT2D eigenvalue weighted by Crippen LogP contribution is -2.32. The predicted octanol–water partition coefficient (Wildman–Crippen LogP) is 6.00. The predicted molar refractivity (Wildman–Crippen MR) is 132 cm³/mol. The topological polar surface area (TPSA) is 58.2 Å². The Morgan fingerprint density at radius 3 is 2.58 bits per heavy atom. The van der Waals surface area contributed by atoms with Gasteiger partial charge in [-0.25, -0.2) is 4.98 Å². The second-order valence-corrected chi connectivity index (χ2v) is 9.19. The van der Waals surface area contributed by atoms with Crippen LogP contribution in [-0.2, 0) is 6.54 Å². The Labute approximate surface area is 194 Å². The molecule has 33 heavy (non-hydrogen) atoms. The van der Waals surface area contributed by atoms with Crippen LogP contribution in [0.25, 0.3) is 22.2 Å². The van der Waals surface area contributed by atoms with E-state index in [0.717, 1.165) is 50.4 Å². The van der Waals surface area contributed by atoms with Gasteiger partial charge >= 0.3 is 0 Å². The van der Waals surface area contributed by atoms with Gasteiger partial charge in [-0.15, -0.1) is 0 Å². The van der Waals surface area contributed by atoms with Crippen molar-refractivity contribution < 1.29 is 9.53 Å². The molecule has 5 heteroatoms. The number of aryl methyl sites for hydroxylation is 2. The van der Waals surface area contributed by atoms with Crippen molar-refractivity contribution in [2.45, 2.75) is 40.2 Å². The van der Waals surface area contributed by atoms with E-state index in [4.69, 9.17) is 4.74 Å². The second kappa shape index (κ2) is 8.39. The van der Waals surface area contributed by atoms with Crippen molar-refractivity contribution in [1.29, 1.82) is 0 Å². The summed E-state index contributed by atoms with van der Waals surface area (Å²) in [4.78, 5) is 23.1. The van der Waals surface area contributed by atoms with E-state index in [-0.39, 0.29) is 5.91 Å². The van der Waals surface area contributed by atoms with Gasteiger partial charge in [0.2, 0.25) is 0 Å². The molecule has 5 rings (SSSR count). The highest BCUT2D eigenvalue weighted by Gasteiger charge is 2.22. The number of benzene rings is 3. The number of hydrogen-bond donors (Lipinski definition) is 1. The third-order valence-electron chi connectivity index (χ3n) is 6.38. The maximum Gasteiger partial charge on any atom is 0.254 e. The standard InChI is InChI=1S/C28H29N3O2/c1-17(2)20-5-7-21(8-6-20)28(32)31-11-12-33-26-10-9-22(14-24(26)16-31)23-13-18(3)27-25(15-23)29-19(4)30-27/h5-10,13-15,17H,11-12,16H2,1-4H3,(H,29,30). The molecular formula is C28H29N3O2. The third kappa shape index (κ3) is 4.11. The lowest BCUT2D eigenvalue weighted by atomic mass is 9.99. The number of imidazole rings is 1. The summed E-state index contributed by atoms with van der Waals surface area (Å²) in [6.07, 6.45) is 0. The molecule has 3 aromatic carbocycles. The molecule has 0 unspecified atom stereocenters. The fourth-order valence-electron chi connectivity index (χ4n) is 4.52. The smallest absolute Gasteiger partial charge is 0.254 e. The molecule has 5 nitrogen and oxygen atoms in total. The first-order valence-corrected chi connectivity index (χ1v) is 11.5. The maximum atomic E-state index is 13.3. The number of hydrogen-bond acceptors (Lipinski definition) is 3. The molecule has 1 aliphatic heterocycles. The van der Waals surface area contributed by atoms with E-state index in [1.54, 1.807) is 0 Å². The van der Waals surface area contributed by atoms with Gasteiger partial charge < -0.3 is 14.6 Å². The summed E-state index contributed by atoms with van der Waals surface area (Å²) < 4.78 is 5.99. The van der Waals surface area contributed by atoms with Crippen LogP contribution in [0.1, 0.15) is 52.6 Å². The average molecular weight is 440 g/mol. The van der Waals surface area contributed by atoms with Crippen LogP contribution < -0.4 is 4.74 Å². The fraction of sp³-hybridized carbons (Fsp3) is 0.286. The number of nitrogens with zero attached hydrogens (tertiary/aromatic N) is 2. The maximum absolute atomic E-state index is 13.3. The van der Waals surface area contributed by atoms with Crippen molar-refractivity contribution in [3.63, 3.8) is 0 Å². The van der Waals surface area contributed by atoms with E-state index in [9.17, 15) is 4.79 Å². The van der Waals surface area contributed by atoms with Crippen molar-refractivity contribution >= 4 is 16.9 Å². The molecule has 4 aromatic rings. The van der Waals surface area contributed by atoms with E-state index < -0.39 is 0 Å². The van der Waals surface area contributed by atoms with Crippen LogP contribution in [0.5, 0.6) is 5.75 Å². The molecule has 0 bridgehead atoms. The van der Waals surface area contributed by atoms with Gasteiger partial charge in [0.1, 0.15) is 18.2 Å². The summed E-state index contributed by atoms with van der Waals surface area (Å²) in [5.74, 6) is 2.24. The number of rotatable bonds is 3. The summed E-state index contributed by atoms with van der Waals surface area (Å²) >= 11 is 0. The lowest BCUT2D eigenvalue weighted by molar-refractivity contribution is 0.0733. The molecule has 0 fully saturated rings. The third-order valence-corrected chi connectivity index (χ3v) is 6.38. The molecule has 1 N–H and O–H groups in total. The zero-order chi connectivity index (χ0) is 23.1. The Morgan fingerprint density at radius 1 is 1.03 bits per heavy atom. The van der Waals surface area contributed by atoms with E-state index in [2.05, 4.69) is 55.0 Å². The van der Waals surface area contributed by atoms with Crippen LogP contribution in [-0.4, -0.2) is 33.9 Å². The monoisotopic (exact) mass is 439 g/mol. The quantitative estimate of drug-likeness (QED) is 0.426. The molecule has 2 heterocycles. The van der Waals surface area contributed by atoms with Gasteiger partial charge in [0.05, 0.1) is 17.6 Å². The van der Waals surface area contributed by atoms with E-state index in [1.165, 1.54) is 5.56 Å². The van der Waals surface area contributed by atoms with Crippen LogP contribution in [0, 0.1) is 13.8 Å². The summed E-state index contributed by atoms with van der Waals surface area (Å²) in [5, 5.41) is 0. The average Bonchev–Trinajstić information content (AvgIpc) is 3.06. The molecule has 0 aliphatic carbocycles. The SMILES string of the molecule is Cc1nc2c(C)cc(-c3ccc4c(c3)CN(C(=O)c3ccc(C(C)C)cc3)CCO4)cc2[nH]1. The highest BCUT2D eigenvalue weighted by atomic mass is 16.5. The molecule has 0 saturated heterocycles. The minimum absolute atomic E-state index is 0.0392.